The fourth-order valence-electron chi connectivity index (χ4n) is 1.58. The van der Waals surface area contributed by atoms with E-state index in [4.69, 9.17) is 0 Å². The van der Waals surface area contributed by atoms with Gasteiger partial charge >= 0.3 is 52.5 Å². The second-order valence-corrected chi connectivity index (χ2v) is 5.90. The van der Waals surface area contributed by atoms with E-state index in [0.29, 0.717) is 5.56 Å². The Labute approximate surface area is 117 Å². The predicted molar refractivity (Wildman–Crippen MR) is 76.1 cm³/mol. The molecule has 0 aliphatic heterocycles. The first kappa shape index (κ1) is 17.2. The van der Waals surface area contributed by atoms with Crippen LogP contribution in [0.2, 0.25) is 10.6 Å². The smallest absolute Gasteiger partial charge is 0.0718 e. The van der Waals surface area contributed by atoms with Crippen molar-refractivity contribution in [1.82, 2.24) is 0 Å². The Morgan fingerprint density at radius 3 is 2.06 bits per heavy atom. The minimum atomic E-state index is -1.09. The van der Waals surface area contributed by atoms with Gasteiger partial charge in [-0.3, -0.25) is 0 Å². The van der Waals surface area contributed by atoms with Gasteiger partial charge in [-0.2, -0.15) is 0 Å². The zero-order valence-electron chi connectivity index (χ0n) is 11.7. The summed E-state index contributed by atoms with van der Waals surface area (Å²) in [6.07, 6.45) is 3.52. The van der Waals surface area contributed by atoms with Crippen LogP contribution in [0.5, 0.6) is 0 Å². The number of carboxylic acids is 1. The molecule has 18 heavy (non-hydrogen) atoms. The molecule has 98 valence electrons. The van der Waals surface area contributed by atoms with Crippen LogP contribution in [0.25, 0.3) is 0 Å². The van der Waals surface area contributed by atoms with Crippen LogP contribution in [0.3, 0.4) is 0 Å². The Morgan fingerprint density at radius 2 is 1.67 bits per heavy atom. The van der Waals surface area contributed by atoms with E-state index in [0.717, 1.165) is 27.2 Å². The molecule has 0 fully saturated rings. The van der Waals surface area contributed by atoms with Gasteiger partial charge in [0.15, 0.2) is 0 Å². The first-order chi connectivity index (χ1) is 8.67. The molecular formula is C15H23AlO2. The Bertz CT molecular complexity index is 333. The molecule has 3 heteroatoms. The third kappa shape index (κ3) is 7.53. The molecule has 0 spiro atoms. The van der Waals surface area contributed by atoms with Gasteiger partial charge in [0.25, 0.3) is 0 Å². The summed E-state index contributed by atoms with van der Waals surface area (Å²) in [7, 11) is 0. The molecule has 0 heterocycles. The third-order valence-electron chi connectivity index (χ3n) is 2.60. The van der Waals surface area contributed by atoms with Crippen LogP contribution in [0.1, 0.15) is 49.5 Å². The third-order valence-corrected chi connectivity index (χ3v) is 4.57. The van der Waals surface area contributed by atoms with E-state index in [-0.39, 0.29) is 0 Å². The SMILES string of the molecule is CC[CH2][Al+][CH2]CC.CCc1ccccc1C(=O)[O-]. The number of rotatable bonds is 6. The number of benzene rings is 1. The molecule has 1 aromatic rings. The van der Waals surface area contributed by atoms with E-state index in [9.17, 15) is 9.90 Å². The largest absolute Gasteiger partial charge is 0.545 e. The van der Waals surface area contributed by atoms with Crippen molar-refractivity contribution in [3.63, 3.8) is 0 Å². The number of carbonyl (C=O) groups excluding carboxylic acids is 1. The van der Waals surface area contributed by atoms with Crippen molar-refractivity contribution in [1.29, 1.82) is 0 Å². The van der Waals surface area contributed by atoms with Gasteiger partial charge in [0.05, 0.1) is 5.97 Å². The molecule has 1 aromatic carbocycles. The number of hydrogen-bond acceptors (Lipinski definition) is 2. The number of hydrogen-bond donors (Lipinski definition) is 0. The average Bonchev–Trinajstić information content (AvgIpc) is 2.40. The van der Waals surface area contributed by atoms with Crippen LogP contribution in [0.4, 0.5) is 0 Å². The minimum Gasteiger partial charge on any atom is -0.545 e. The Morgan fingerprint density at radius 1 is 1.11 bits per heavy atom. The Kier molecular flexibility index (Phi) is 10.8. The number of aryl methyl sites for hydroxylation is 1. The maximum Gasteiger partial charge on any atom is 0.0718 e. The average molecular weight is 262 g/mol. The molecule has 0 saturated carbocycles. The van der Waals surface area contributed by atoms with Gasteiger partial charge in [-0.15, -0.1) is 0 Å². The summed E-state index contributed by atoms with van der Waals surface area (Å²) in [5.41, 5.74) is 1.13. The molecule has 0 aromatic heterocycles. The summed E-state index contributed by atoms with van der Waals surface area (Å²) in [5, 5.41) is 13.5. The van der Waals surface area contributed by atoms with E-state index in [1.54, 1.807) is 18.2 Å². The van der Waals surface area contributed by atoms with E-state index in [1.165, 1.54) is 23.4 Å². The second kappa shape index (κ2) is 11.3. The van der Waals surface area contributed by atoms with Crippen molar-refractivity contribution in [3.8, 4) is 0 Å². The van der Waals surface area contributed by atoms with E-state index < -0.39 is 5.97 Å². The first-order valence-electron chi connectivity index (χ1n) is 6.78. The van der Waals surface area contributed by atoms with Crippen LogP contribution in [0.15, 0.2) is 24.3 Å². The molecule has 2 nitrogen and oxygen atoms in total. The number of carbonyl (C=O) groups is 1. The maximum atomic E-state index is 10.5. The van der Waals surface area contributed by atoms with Gasteiger partial charge < -0.3 is 9.90 Å². The van der Waals surface area contributed by atoms with Gasteiger partial charge in [0, 0.05) is 5.56 Å². The Hall–Kier alpha value is -0.778. The molecular weight excluding hydrogens is 239 g/mol. The molecule has 0 aliphatic carbocycles. The summed E-state index contributed by atoms with van der Waals surface area (Å²) < 4.78 is 0. The zero-order valence-corrected chi connectivity index (χ0v) is 12.9. The molecule has 0 unspecified atom stereocenters. The minimum absolute atomic E-state index is 0.301. The molecule has 0 amide bonds. The van der Waals surface area contributed by atoms with Gasteiger partial charge in [0.1, 0.15) is 0 Å². The quantitative estimate of drug-likeness (QED) is 0.584. The van der Waals surface area contributed by atoms with Crippen LogP contribution in [0, 0.1) is 0 Å². The number of aromatic carboxylic acids is 1. The van der Waals surface area contributed by atoms with Gasteiger partial charge in [0.2, 0.25) is 0 Å². The summed E-state index contributed by atoms with van der Waals surface area (Å²) in [6.45, 7) is 6.45. The summed E-state index contributed by atoms with van der Waals surface area (Å²) >= 11 is 0.822. The van der Waals surface area contributed by atoms with E-state index in [2.05, 4.69) is 13.8 Å². The summed E-state index contributed by atoms with van der Waals surface area (Å²) in [5.74, 6) is -1.09. The van der Waals surface area contributed by atoms with Crippen LogP contribution >= 0.6 is 0 Å². The second-order valence-electron chi connectivity index (χ2n) is 4.16. The standard InChI is InChI=1S/C9H10O2.2C3H7.Al/c1-2-7-5-3-4-6-8(7)9(10)11;2*1-3-2;/h3-6H,2H2,1H3,(H,10,11);2*1,3H2,2H3;/q;;;+1/p-1. The van der Waals surface area contributed by atoms with Crippen LogP contribution in [-0.2, 0) is 6.42 Å². The molecule has 0 saturated heterocycles. The molecule has 1 rings (SSSR count). The van der Waals surface area contributed by atoms with E-state index in [1.807, 2.05) is 13.0 Å². The van der Waals surface area contributed by atoms with Gasteiger partial charge in [-0.1, -0.05) is 31.2 Å². The molecule has 0 radical (unpaired) electrons. The van der Waals surface area contributed by atoms with Crippen LogP contribution < -0.4 is 5.11 Å². The Balaban J connectivity index is 0.000000360. The zero-order chi connectivity index (χ0) is 13.8. The number of carboxylic acid groups (broad SMARTS) is 1. The van der Waals surface area contributed by atoms with Crippen LogP contribution in [-0.4, -0.2) is 21.2 Å². The van der Waals surface area contributed by atoms with Crippen molar-refractivity contribution in [2.45, 2.75) is 50.6 Å². The molecule has 0 N–H and O–H groups in total. The predicted octanol–water partition coefficient (Wildman–Crippen LogP) is 2.96. The fourth-order valence-corrected chi connectivity index (χ4v) is 2.69. The van der Waals surface area contributed by atoms with Gasteiger partial charge in [-0.25, -0.2) is 0 Å². The van der Waals surface area contributed by atoms with Crippen molar-refractivity contribution in [2.75, 3.05) is 0 Å². The van der Waals surface area contributed by atoms with Crippen molar-refractivity contribution in [3.05, 3.63) is 35.4 Å². The molecule has 0 bridgehead atoms. The fraction of sp³-hybridized carbons (Fsp3) is 0.533. The van der Waals surface area contributed by atoms with Crippen molar-refractivity contribution >= 4 is 21.2 Å². The van der Waals surface area contributed by atoms with Crippen molar-refractivity contribution < 1.29 is 9.90 Å². The molecule has 0 aliphatic rings. The normalized spacial score (nSPS) is 9.06. The summed E-state index contributed by atoms with van der Waals surface area (Å²) in [4.78, 5) is 10.5. The first-order valence-corrected chi connectivity index (χ1v) is 8.41. The summed E-state index contributed by atoms with van der Waals surface area (Å²) in [6, 6.07) is 6.88. The van der Waals surface area contributed by atoms with E-state index >= 15 is 0 Å². The maximum absolute atomic E-state index is 10.5. The monoisotopic (exact) mass is 262 g/mol. The topological polar surface area (TPSA) is 40.1 Å². The molecule has 0 atom stereocenters. The van der Waals surface area contributed by atoms with Crippen molar-refractivity contribution in [2.24, 2.45) is 0 Å². The van der Waals surface area contributed by atoms with Gasteiger partial charge in [-0.05, 0) is 12.0 Å².